The number of halogens is 4. The minimum absolute atomic E-state index is 0.0507. The molecule has 0 saturated carbocycles. The standard InChI is InChI=1S/C19H16ClF3N2O4S3/c1-30-10-29-15(26)9-25-17(16(20)18(24-25)19(21,22)23)14-7-6-13(31-14)11-4-3-5-12(8-11)32(2,27)28/h3-8H,9-10H2,1-2H3. The first-order chi connectivity index (χ1) is 14.9. The number of carbonyl (C=O) groups is 1. The van der Waals surface area contributed by atoms with Crippen LogP contribution in [-0.4, -0.2) is 42.6 Å². The normalized spacial score (nSPS) is 12.2. The Morgan fingerprint density at radius 1 is 1.25 bits per heavy atom. The second kappa shape index (κ2) is 9.46. The minimum Gasteiger partial charge on any atom is -0.453 e. The predicted molar refractivity (Wildman–Crippen MR) is 119 cm³/mol. The van der Waals surface area contributed by atoms with Gasteiger partial charge in [-0.25, -0.2) is 8.42 Å². The molecule has 0 aliphatic heterocycles. The van der Waals surface area contributed by atoms with E-state index in [1.807, 2.05) is 0 Å². The Bertz CT molecular complexity index is 1250. The minimum atomic E-state index is -4.82. The molecule has 32 heavy (non-hydrogen) atoms. The molecule has 6 nitrogen and oxygen atoms in total. The number of thioether (sulfide) groups is 1. The van der Waals surface area contributed by atoms with Gasteiger partial charge in [-0.05, 0) is 36.1 Å². The van der Waals surface area contributed by atoms with Crippen molar-refractivity contribution in [2.75, 3.05) is 18.5 Å². The van der Waals surface area contributed by atoms with Crippen LogP contribution < -0.4 is 0 Å². The van der Waals surface area contributed by atoms with Crippen molar-refractivity contribution in [2.24, 2.45) is 0 Å². The Labute approximate surface area is 195 Å². The van der Waals surface area contributed by atoms with Crippen LogP contribution in [0.4, 0.5) is 13.2 Å². The Balaban J connectivity index is 2.05. The lowest BCUT2D eigenvalue weighted by Crippen LogP contribution is -2.16. The summed E-state index contributed by atoms with van der Waals surface area (Å²) in [6.07, 6.45) is -2.03. The van der Waals surface area contributed by atoms with Gasteiger partial charge in [0.1, 0.15) is 12.5 Å². The number of rotatable bonds is 7. The fourth-order valence-electron chi connectivity index (χ4n) is 2.76. The summed E-state index contributed by atoms with van der Waals surface area (Å²) < 4.78 is 69.6. The summed E-state index contributed by atoms with van der Waals surface area (Å²) in [7, 11) is -3.44. The van der Waals surface area contributed by atoms with Gasteiger partial charge >= 0.3 is 12.1 Å². The van der Waals surface area contributed by atoms with E-state index in [9.17, 15) is 26.4 Å². The van der Waals surface area contributed by atoms with Gasteiger partial charge in [0, 0.05) is 11.1 Å². The van der Waals surface area contributed by atoms with E-state index in [1.165, 1.54) is 23.9 Å². The Morgan fingerprint density at radius 2 is 1.94 bits per heavy atom. The number of sulfone groups is 1. The van der Waals surface area contributed by atoms with Crippen LogP contribution in [0.5, 0.6) is 0 Å². The van der Waals surface area contributed by atoms with Crippen molar-refractivity contribution >= 4 is 50.5 Å². The van der Waals surface area contributed by atoms with E-state index in [0.29, 0.717) is 15.3 Å². The van der Waals surface area contributed by atoms with Gasteiger partial charge in [0.25, 0.3) is 0 Å². The van der Waals surface area contributed by atoms with Gasteiger partial charge in [-0.1, -0.05) is 23.7 Å². The molecule has 0 bridgehead atoms. The van der Waals surface area contributed by atoms with Crippen LogP contribution in [0.3, 0.4) is 0 Å². The predicted octanol–water partition coefficient (Wildman–Crippen LogP) is 5.22. The summed E-state index contributed by atoms with van der Waals surface area (Å²) >= 11 is 8.37. The molecule has 2 heterocycles. The molecule has 2 aromatic heterocycles. The highest BCUT2D eigenvalue weighted by Gasteiger charge is 2.39. The van der Waals surface area contributed by atoms with Crippen molar-refractivity contribution < 1.29 is 31.1 Å². The van der Waals surface area contributed by atoms with Gasteiger partial charge in [-0.15, -0.1) is 23.1 Å². The Hall–Kier alpha value is -2.02. The number of carbonyl (C=O) groups excluding carboxylic acids is 1. The number of aromatic nitrogens is 2. The van der Waals surface area contributed by atoms with Gasteiger partial charge in [0.2, 0.25) is 0 Å². The quantitative estimate of drug-likeness (QED) is 0.311. The molecule has 1 aromatic carbocycles. The second-order valence-electron chi connectivity index (χ2n) is 6.55. The summed E-state index contributed by atoms with van der Waals surface area (Å²) in [4.78, 5) is 13.1. The average molecular weight is 525 g/mol. The first-order valence-corrected chi connectivity index (χ1v) is 13.3. The Kier molecular flexibility index (Phi) is 7.28. The number of benzene rings is 1. The SMILES string of the molecule is CSCOC(=O)Cn1nc(C(F)(F)F)c(Cl)c1-c1ccc(-c2cccc(S(C)(=O)=O)c2)s1. The molecule has 0 radical (unpaired) electrons. The first kappa shape index (κ1) is 24.6. The molecule has 172 valence electrons. The average Bonchev–Trinajstić information content (AvgIpc) is 3.30. The number of nitrogens with zero attached hydrogens (tertiary/aromatic N) is 2. The van der Waals surface area contributed by atoms with Gasteiger partial charge in [-0.3, -0.25) is 9.48 Å². The van der Waals surface area contributed by atoms with Crippen LogP contribution in [-0.2, 0) is 32.1 Å². The summed E-state index contributed by atoms with van der Waals surface area (Å²) in [5.74, 6) is -0.708. The van der Waals surface area contributed by atoms with Crippen LogP contribution >= 0.6 is 34.7 Å². The van der Waals surface area contributed by atoms with Crippen molar-refractivity contribution in [3.63, 3.8) is 0 Å². The zero-order chi connectivity index (χ0) is 23.7. The number of thiophene rings is 1. The molecule has 0 N–H and O–H groups in total. The molecule has 0 fully saturated rings. The molecule has 0 unspecified atom stereocenters. The fourth-order valence-corrected chi connectivity index (χ4v) is 5.14. The lowest BCUT2D eigenvalue weighted by atomic mass is 10.2. The van der Waals surface area contributed by atoms with Crippen LogP contribution in [0.15, 0.2) is 41.3 Å². The number of ether oxygens (including phenoxy) is 1. The lowest BCUT2D eigenvalue weighted by molar-refractivity contribution is -0.144. The Morgan fingerprint density at radius 3 is 2.56 bits per heavy atom. The smallest absolute Gasteiger partial charge is 0.436 e. The van der Waals surface area contributed by atoms with Crippen LogP contribution in [0.25, 0.3) is 21.0 Å². The van der Waals surface area contributed by atoms with Crippen LogP contribution in [0, 0.1) is 0 Å². The summed E-state index contributed by atoms with van der Waals surface area (Å²) in [5, 5.41) is 2.88. The van der Waals surface area contributed by atoms with Gasteiger partial charge in [0.05, 0.1) is 20.5 Å². The van der Waals surface area contributed by atoms with E-state index >= 15 is 0 Å². The maximum Gasteiger partial charge on any atom is 0.436 e. The number of hydrogen-bond donors (Lipinski definition) is 0. The van der Waals surface area contributed by atoms with E-state index < -0.39 is 39.2 Å². The largest absolute Gasteiger partial charge is 0.453 e. The van der Waals surface area contributed by atoms with E-state index in [2.05, 4.69) is 5.10 Å². The van der Waals surface area contributed by atoms with Crippen LogP contribution in [0.1, 0.15) is 5.69 Å². The molecule has 0 spiro atoms. The molecule has 0 saturated heterocycles. The van der Waals surface area contributed by atoms with Crippen molar-refractivity contribution in [1.29, 1.82) is 0 Å². The molecular formula is C19H16ClF3N2O4S3. The highest BCUT2D eigenvalue weighted by atomic mass is 35.5. The van der Waals surface area contributed by atoms with E-state index in [-0.39, 0.29) is 16.5 Å². The maximum absolute atomic E-state index is 13.4. The molecule has 3 rings (SSSR count). The number of esters is 1. The third-order valence-electron chi connectivity index (χ3n) is 4.17. The first-order valence-electron chi connectivity index (χ1n) is 8.80. The van der Waals surface area contributed by atoms with Crippen molar-refractivity contribution in [3.8, 4) is 21.0 Å². The third-order valence-corrected chi connectivity index (χ3v) is 7.13. The van der Waals surface area contributed by atoms with Crippen molar-refractivity contribution in [1.82, 2.24) is 9.78 Å². The fraction of sp³-hybridized carbons (Fsp3) is 0.263. The zero-order valence-corrected chi connectivity index (χ0v) is 19.8. The third kappa shape index (κ3) is 5.48. The van der Waals surface area contributed by atoms with Gasteiger partial charge < -0.3 is 4.74 Å². The van der Waals surface area contributed by atoms with Crippen molar-refractivity contribution in [2.45, 2.75) is 17.6 Å². The number of hydrogen-bond acceptors (Lipinski definition) is 7. The van der Waals surface area contributed by atoms with Gasteiger partial charge in [-0.2, -0.15) is 18.3 Å². The van der Waals surface area contributed by atoms with Crippen molar-refractivity contribution in [3.05, 3.63) is 47.1 Å². The molecule has 0 atom stereocenters. The number of alkyl halides is 3. The summed E-state index contributed by atoms with van der Waals surface area (Å²) in [5.41, 5.74) is -0.807. The molecule has 13 heteroatoms. The highest BCUT2D eigenvalue weighted by molar-refractivity contribution is 7.98. The molecular weight excluding hydrogens is 509 g/mol. The topological polar surface area (TPSA) is 78.3 Å². The van der Waals surface area contributed by atoms with E-state index in [4.69, 9.17) is 16.3 Å². The zero-order valence-electron chi connectivity index (χ0n) is 16.6. The molecule has 0 amide bonds. The summed E-state index contributed by atoms with van der Waals surface area (Å²) in [6, 6.07) is 9.37. The van der Waals surface area contributed by atoms with Gasteiger partial charge in [0.15, 0.2) is 15.5 Å². The molecule has 3 aromatic rings. The maximum atomic E-state index is 13.4. The highest BCUT2D eigenvalue weighted by Crippen LogP contribution is 2.43. The van der Waals surface area contributed by atoms with E-state index in [1.54, 1.807) is 30.5 Å². The monoisotopic (exact) mass is 524 g/mol. The lowest BCUT2D eigenvalue weighted by Gasteiger charge is -2.06. The summed E-state index contributed by atoms with van der Waals surface area (Å²) in [6.45, 7) is -0.553. The second-order valence-corrected chi connectivity index (χ2v) is 10.8. The van der Waals surface area contributed by atoms with Crippen LogP contribution in [0.2, 0.25) is 5.02 Å². The van der Waals surface area contributed by atoms with E-state index in [0.717, 1.165) is 22.3 Å². The molecule has 0 aliphatic carbocycles. The molecule has 0 aliphatic rings.